The first kappa shape index (κ1) is 24.3. The number of rotatable bonds is 2. The molecule has 0 aliphatic carbocycles. The average Bonchev–Trinajstić information content (AvgIpc) is 3.30. The van der Waals surface area contributed by atoms with E-state index >= 15 is 0 Å². The molecule has 2 aromatic heterocycles. The summed E-state index contributed by atoms with van der Waals surface area (Å²) in [7, 11) is 0. The number of fused-ring (bicyclic) bond motifs is 2. The van der Waals surface area contributed by atoms with Crippen molar-refractivity contribution in [2.45, 2.75) is 12.4 Å². The number of alkyl halides is 6. The molecule has 2 heterocycles. The first-order chi connectivity index (χ1) is 15.6. The van der Waals surface area contributed by atoms with Gasteiger partial charge >= 0.3 is 12.4 Å². The summed E-state index contributed by atoms with van der Waals surface area (Å²) in [5, 5.41) is 12.2. The SMILES string of the molecule is FC(F)(F)c1cccc(-c2nnc(-c3[c-]ccs3)c3cc4ccccc4cc23)c1C(F)(F)F.[Ir]. The Morgan fingerprint density at radius 2 is 1.35 bits per heavy atom. The Labute approximate surface area is 206 Å². The Kier molecular flexibility index (Phi) is 6.27. The van der Waals surface area contributed by atoms with Gasteiger partial charge in [0.25, 0.3) is 0 Å². The van der Waals surface area contributed by atoms with Crippen LogP contribution in [0.3, 0.4) is 0 Å². The molecule has 0 aliphatic heterocycles. The minimum Gasteiger partial charge on any atom is -0.237 e. The Morgan fingerprint density at radius 3 is 1.91 bits per heavy atom. The van der Waals surface area contributed by atoms with Gasteiger partial charge < -0.3 is 0 Å². The molecule has 5 rings (SSSR count). The molecule has 3 aromatic carbocycles. The van der Waals surface area contributed by atoms with E-state index in [9.17, 15) is 26.3 Å². The number of hydrogen-bond acceptors (Lipinski definition) is 3. The summed E-state index contributed by atoms with van der Waals surface area (Å²) in [4.78, 5) is 0.620. The maximum atomic E-state index is 13.9. The molecule has 0 fully saturated rings. The van der Waals surface area contributed by atoms with Crippen LogP contribution in [-0.4, -0.2) is 10.2 Å². The number of nitrogens with zero attached hydrogens (tertiary/aromatic N) is 2. The van der Waals surface area contributed by atoms with E-state index in [1.54, 1.807) is 35.7 Å². The molecule has 0 N–H and O–H groups in total. The Morgan fingerprint density at radius 1 is 0.735 bits per heavy atom. The van der Waals surface area contributed by atoms with E-state index in [0.717, 1.165) is 17.5 Å². The molecular weight excluding hydrogens is 655 g/mol. The van der Waals surface area contributed by atoms with Crippen LogP contribution in [-0.2, 0) is 32.5 Å². The van der Waals surface area contributed by atoms with Gasteiger partial charge in [-0.05, 0) is 28.3 Å². The molecule has 0 spiro atoms. The van der Waals surface area contributed by atoms with Crippen LogP contribution in [0.2, 0.25) is 0 Å². The summed E-state index contributed by atoms with van der Waals surface area (Å²) in [5.74, 6) is 0. The van der Waals surface area contributed by atoms with Gasteiger partial charge in [-0.25, -0.2) is 16.4 Å². The third kappa shape index (κ3) is 4.21. The molecule has 0 saturated heterocycles. The van der Waals surface area contributed by atoms with Gasteiger partial charge in [-0.1, -0.05) is 47.3 Å². The predicted octanol–water partition coefficient (Wildman–Crippen LogP) is 8.01. The average molecular weight is 666 g/mol. The first-order valence-electron chi connectivity index (χ1n) is 9.57. The quantitative estimate of drug-likeness (QED) is 0.109. The van der Waals surface area contributed by atoms with Crippen molar-refractivity contribution in [3.05, 3.63) is 83.2 Å². The number of benzene rings is 3. The number of thiophene rings is 1. The number of aromatic nitrogens is 2. The molecule has 10 heteroatoms. The van der Waals surface area contributed by atoms with Gasteiger partial charge in [0.1, 0.15) is 0 Å². The zero-order valence-corrected chi connectivity index (χ0v) is 20.0. The van der Waals surface area contributed by atoms with Gasteiger partial charge in [-0.3, -0.25) is 0 Å². The number of halogens is 6. The van der Waals surface area contributed by atoms with E-state index in [4.69, 9.17) is 0 Å². The molecule has 0 bridgehead atoms. The molecule has 175 valence electrons. The van der Waals surface area contributed by atoms with Gasteiger partial charge in [0.15, 0.2) is 0 Å². The summed E-state index contributed by atoms with van der Waals surface area (Å²) < 4.78 is 82.3. The van der Waals surface area contributed by atoms with Crippen molar-refractivity contribution >= 4 is 32.9 Å². The largest absolute Gasteiger partial charge is 0.417 e. The molecular formula is C24H11F6IrN2S-. The van der Waals surface area contributed by atoms with Gasteiger partial charge in [0.05, 0.1) is 16.8 Å². The van der Waals surface area contributed by atoms with Crippen LogP contribution >= 0.6 is 11.3 Å². The van der Waals surface area contributed by atoms with E-state index in [0.29, 0.717) is 27.4 Å². The normalized spacial score (nSPS) is 12.2. The smallest absolute Gasteiger partial charge is 0.237 e. The minimum atomic E-state index is -5.26. The third-order valence-electron chi connectivity index (χ3n) is 5.24. The van der Waals surface area contributed by atoms with Crippen LogP contribution in [0.4, 0.5) is 26.3 Å². The van der Waals surface area contributed by atoms with Crippen LogP contribution in [0.1, 0.15) is 11.1 Å². The molecule has 0 unspecified atom stereocenters. The molecule has 1 radical (unpaired) electrons. The van der Waals surface area contributed by atoms with Gasteiger partial charge in [0.2, 0.25) is 0 Å². The standard InChI is InChI=1S/C24H11F6N2S.Ir/c25-23(26,27)18-8-3-7-15(20(18)24(28,29)30)21-16-11-13-5-1-2-6-14(13)12-17(16)22(32-31-21)19-9-4-10-33-19;/h1-8,10-12H;/q-1;. The van der Waals surface area contributed by atoms with Crippen LogP contribution < -0.4 is 0 Å². The fourth-order valence-corrected chi connectivity index (χ4v) is 4.54. The molecule has 0 saturated carbocycles. The maximum absolute atomic E-state index is 13.9. The van der Waals surface area contributed by atoms with Crippen molar-refractivity contribution in [2.24, 2.45) is 0 Å². The second-order valence-corrected chi connectivity index (χ2v) is 8.18. The fourth-order valence-electron chi connectivity index (χ4n) is 3.87. The summed E-state index contributed by atoms with van der Waals surface area (Å²) in [6.45, 7) is 0. The third-order valence-corrected chi connectivity index (χ3v) is 6.06. The van der Waals surface area contributed by atoms with Crippen molar-refractivity contribution < 1.29 is 46.4 Å². The second kappa shape index (κ2) is 8.76. The van der Waals surface area contributed by atoms with Crippen molar-refractivity contribution in [2.75, 3.05) is 0 Å². The minimum absolute atomic E-state index is 0. The fraction of sp³-hybridized carbons (Fsp3) is 0.0833. The molecule has 0 aliphatic rings. The predicted molar refractivity (Wildman–Crippen MR) is 115 cm³/mol. The molecule has 34 heavy (non-hydrogen) atoms. The summed E-state index contributed by atoms with van der Waals surface area (Å²) >= 11 is 1.32. The van der Waals surface area contributed by atoms with Crippen LogP contribution in [0, 0.1) is 6.07 Å². The molecule has 5 aromatic rings. The van der Waals surface area contributed by atoms with E-state index in [-0.39, 0.29) is 31.2 Å². The number of hydrogen-bond donors (Lipinski definition) is 0. The van der Waals surface area contributed by atoms with E-state index in [1.165, 1.54) is 11.3 Å². The van der Waals surface area contributed by atoms with Gasteiger partial charge in [-0.15, -0.1) is 5.38 Å². The molecule has 2 nitrogen and oxygen atoms in total. The van der Waals surface area contributed by atoms with Crippen molar-refractivity contribution in [3.8, 4) is 21.8 Å². The van der Waals surface area contributed by atoms with Gasteiger partial charge in [0, 0.05) is 36.7 Å². The van der Waals surface area contributed by atoms with Crippen LogP contribution in [0.25, 0.3) is 43.4 Å². The summed E-state index contributed by atoms with van der Waals surface area (Å²) in [6.07, 6.45) is -10.4. The second-order valence-electron chi connectivity index (χ2n) is 7.26. The van der Waals surface area contributed by atoms with E-state index in [2.05, 4.69) is 16.3 Å². The van der Waals surface area contributed by atoms with Crippen molar-refractivity contribution in [3.63, 3.8) is 0 Å². The zero-order chi connectivity index (χ0) is 23.4. The summed E-state index contributed by atoms with van der Waals surface area (Å²) in [5.41, 5.74) is -4.09. The molecule has 0 atom stereocenters. The van der Waals surface area contributed by atoms with Crippen LogP contribution in [0.15, 0.2) is 66.0 Å². The molecule has 0 amide bonds. The topological polar surface area (TPSA) is 25.8 Å². The van der Waals surface area contributed by atoms with E-state index < -0.39 is 29.0 Å². The maximum Gasteiger partial charge on any atom is 0.417 e. The van der Waals surface area contributed by atoms with Gasteiger partial charge in [-0.2, -0.15) is 43.6 Å². The Balaban J connectivity index is 0.00000274. The van der Waals surface area contributed by atoms with Crippen LogP contribution in [0.5, 0.6) is 0 Å². The zero-order valence-electron chi connectivity index (χ0n) is 16.8. The Bertz CT molecular complexity index is 1490. The summed E-state index contributed by atoms with van der Waals surface area (Å²) in [6, 6.07) is 17.6. The van der Waals surface area contributed by atoms with Crippen molar-refractivity contribution in [1.82, 2.24) is 10.2 Å². The van der Waals surface area contributed by atoms with E-state index in [1.807, 2.05) is 12.1 Å². The van der Waals surface area contributed by atoms with Crippen molar-refractivity contribution in [1.29, 1.82) is 0 Å². The first-order valence-corrected chi connectivity index (χ1v) is 10.4. The Hall–Kier alpha value is -2.81. The monoisotopic (exact) mass is 666 g/mol.